The van der Waals surface area contributed by atoms with Crippen molar-refractivity contribution in [2.75, 3.05) is 13.7 Å². The predicted molar refractivity (Wildman–Crippen MR) is 65.0 cm³/mol. The molecule has 0 amide bonds. The lowest BCUT2D eigenvalue weighted by molar-refractivity contribution is 0.0602. The number of ether oxygens (including phenoxy) is 1. The van der Waals surface area contributed by atoms with Gasteiger partial charge in [-0.05, 0) is 28.1 Å². The molecule has 2 heterocycles. The Hall–Kier alpha value is -1.40. The first-order valence-electron chi connectivity index (χ1n) is 5.03. The number of pyridine rings is 1. The molecule has 0 aromatic carbocycles. The Labute approximate surface area is 106 Å². The zero-order valence-corrected chi connectivity index (χ0v) is 10.8. The maximum Gasteiger partial charge on any atom is 0.340 e. The third-order valence-electron chi connectivity index (χ3n) is 2.44. The Morgan fingerprint density at radius 1 is 1.65 bits per heavy atom. The average molecular weight is 299 g/mol. The molecule has 0 aliphatic carbocycles. The number of halogens is 1. The van der Waals surface area contributed by atoms with Gasteiger partial charge in [-0.15, -0.1) is 0 Å². The summed E-state index contributed by atoms with van der Waals surface area (Å²) in [7, 11) is 1.34. The molecule has 0 radical (unpaired) electrons. The Kier molecular flexibility index (Phi) is 3.44. The second-order valence-corrected chi connectivity index (χ2v) is 4.18. The van der Waals surface area contributed by atoms with E-state index in [0.29, 0.717) is 27.9 Å². The number of hydrogen-bond donors (Lipinski definition) is 1. The van der Waals surface area contributed by atoms with Crippen LogP contribution in [0.1, 0.15) is 16.2 Å². The highest BCUT2D eigenvalue weighted by Crippen LogP contribution is 2.23. The van der Waals surface area contributed by atoms with Gasteiger partial charge in [-0.25, -0.2) is 9.78 Å². The molecule has 0 bridgehead atoms. The van der Waals surface area contributed by atoms with Crippen molar-refractivity contribution >= 4 is 27.4 Å². The Morgan fingerprint density at radius 3 is 3.06 bits per heavy atom. The minimum absolute atomic E-state index is 0.00794. The van der Waals surface area contributed by atoms with E-state index in [4.69, 9.17) is 9.84 Å². The van der Waals surface area contributed by atoms with Crippen molar-refractivity contribution in [3.05, 3.63) is 34.3 Å². The van der Waals surface area contributed by atoms with Gasteiger partial charge in [0.2, 0.25) is 0 Å². The van der Waals surface area contributed by atoms with Crippen LogP contribution in [0.4, 0.5) is 0 Å². The molecule has 0 spiro atoms. The Morgan fingerprint density at radius 2 is 2.41 bits per heavy atom. The Balaban J connectivity index is 2.68. The summed E-state index contributed by atoms with van der Waals surface area (Å²) < 4.78 is 7.06. The summed E-state index contributed by atoms with van der Waals surface area (Å²) in [6.07, 6.45) is 2.22. The van der Waals surface area contributed by atoms with Crippen molar-refractivity contribution in [2.24, 2.45) is 0 Å². The van der Waals surface area contributed by atoms with E-state index in [9.17, 15) is 4.79 Å². The van der Waals surface area contributed by atoms with Gasteiger partial charge in [0.15, 0.2) is 0 Å². The molecule has 0 unspecified atom stereocenters. The van der Waals surface area contributed by atoms with Crippen molar-refractivity contribution in [3.8, 4) is 0 Å². The van der Waals surface area contributed by atoms with Gasteiger partial charge in [-0.2, -0.15) is 0 Å². The lowest BCUT2D eigenvalue weighted by Crippen LogP contribution is -2.05. The first kappa shape index (κ1) is 12.1. The molecule has 90 valence electrons. The highest BCUT2D eigenvalue weighted by molar-refractivity contribution is 9.10. The van der Waals surface area contributed by atoms with Crippen LogP contribution < -0.4 is 0 Å². The summed E-state index contributed by atoms with van der Waals surface area (Å²) in [5.41, 5.74) is 1.10. The van der Waals surface area contributed by atoms with Gasteiger partial charge in [0.05, 0.1) is 24.8 Å². The molecule has 0 saturated heterocycles. The number of methoxy groups -OCH3 is 1. The lowest BCUT2D eigenvalue weighted by atomic mass is 10.2. The fraction of sp³-hybridized carbons (Fsp3) is 0.273. The van der Waals surface area contributed by atoms with Gasteiger partial charge in [0.1, 0.15) is 10.4 Å². The highest BCUT2D eigenvalue weighted by atomic mass is 79.9. The normalized spacial score (nSPS) is 10.8. The third-order valence-corrected chi connectivity index (χ3v) is 2.99. The Bertz CT molecular complexity index is 565. The van der Waals surface area contributed by atoms with E-state index >= 15 is 0 Å². The van der Waals surface area contributed by atoms with Crippen LogP contribution in [0.25, 0.3) is 5.52 Å². The van der Waals surface area contributed by atoms with Gasteiger partial charge < -0.3 is 14.2 Å². The quantitative estimate of drug-likeness (QED) is 0.871. The SMILES string of the molecule is COC(=O)c1cccn2c(CCO)nc(Br)c12. The second kappa shape index (κ2) is 4.85. The van der Waals surface area contributed by atoms with Crippen LogP contribution in [0.5, 0.6) is 0 Å². The number of hydrogen-bond acceptors (Lipinski definition) is 4. The van der Waals surface area contributed by atoms with Crippen LogP contribution in [0.3, 0.4) is 0 Å². The number of aliphatic hydroxyl groups excluding tert-OH is 1. The van der Waals surface area contributed by atoms with Crippen LogP contribution in [-0.2, 0) is 11.2 Å². The van der Waals surface area contributed by atoms with Gasteiger partial charge >= 0.3 is 5.97 Å². The van der Waals surface area contributed by atoms with Crippen LogP contribution in [0.15, 0.2) is 22.9 Å². The van der Waals surface area contributed by atoms with E-state index in [2.05, 4.69) is 20.9 Å². The van der Waals surface area contributed by atoms with Gasteiger partial charge in [0.25, 0.3) is 0 Å². The number of esters is 1. The topological polar surface area (TPSA) is 63.8 Å². The monoisotopic (exact) mass is 298 g/mol. The van der Waals surface area contributed by atoms with E-state index in [1.165, 1.54) is 7.11 Å². The van der Waals surface area contributed by atoms with E-state index in [1.54, 1.807) is 22.7 Å². The summed E-state index contributed by atoms with van der Waals surface area (Å²) in [4.78, 5) is 15.9. The van der Waals surface area contributed by atoms with Gasteiger partial charge in [-0.1, -0.05) is 0 Å². The fourth-order valence-corrected chi connectivity index (χ4v) is 2.31. The van der Waals surface area contributed by atoms with E-state index in [0.717, 1.165) is 0 Å². The summed E-state index contributed by atoms with van der Waals surface area (Å²) in [5.74, 6) is 0.284. The fourth-order valence-electron chi connectivity index (χ4n) is 1.71. The third kappa shape index (κ3) is 2.05. The van der Waals surface area contributed by atoms with Crippen molar-refractivity contribution in [2.45, 2.75) is 6.42 Å². The molecule has 6 heteroatoms. The van der Waals surface area contributed by atoms with Crippen molar-refractivity contribution < 1.29 is 14.6 Å². The van der Waals surface area contributed by atoms with Crippen molar-refractivity contribution in [1.82, 2.24) is 9.38 Å². The van der Waals surface area contributed by atoms with Gasteiger partial charge in [0, 0.05) is 12.6 Å². The maximum absolute atomic E-state index is 11.6. The molecule has 1 N–H and O–H groups in total. The number of carbonyl (C=O) groups is 1. The molecule has 0 fully saturated rings. The van der Waals surface area contributed by atoms with E-state index < -0.39 is 5.97 Å². The first-order valence-corrected chi connectivity index (χ1v) is 5.83. The molecule has 5 nitrogen and oxygen atoms in total. The molecule has 2 rings (SSSR count). The summed E-state index contributed by atoms with van der Waals surface area (Å²) >= 11 is 3.31. The van der Waals surface area contributed by atoms with Gasteiger partial charge in [-0.3, -0.25) is 0 Å². The van der Waals surface area contributed by atoms with Crippen molar-refractivity contribution in [1.29, 1.82) is 0 Å². The minimum Gasteiger partial charge on any atom is -0.465 e. The average Bonchev–Trinajstić information content (AvgIpc) is 2.66. The van der Waals surface area contributed by atoms with Crippen LogP contribution >= 0.6 is 15.9 Å². The van der Waals surface area contributed by atoms with Crippen LogP contribution in [-0.4, -0.2) is 34.2 Å². The molecular formula is C11H11BrN2O3. The predicted octanol–water partition coefficient (Wildman–Crippen LogP) is 1.42. The minimum atomic E-state index is -0.410. The number of aliphatic hydroxyl groups is 1. The zero-order chi connectivity index (χ0) is 12.4. The lowest BCUT2D eigenvalue weighted by Gasteiger charge is -2.03. The van der Waals surface area contributed by atoms with Crippen molar-refractivity contribution in [3.63, 3.8) is 0 Å². The molecule has 0 aliphatic rings. The van der Waals surface area contributed by atoms with Crippen LogP contribution in [0, 0.1) is 0 Å². The number of aromatic nitrogens is 2. The molecule has 0 atom stereocenters. The van der Waals surface area contributed by atoms with E-state index in [-0.39, 0.29) is 6.61 Å². The molecule has 2 aromatic rings. The number of nitrogens with zero attached hydrogens (tertiary/aromatic N) is 2. The zero-order valence-electron chi connectivity index (χ0n) is 9.18. The largest absolute Gasteiger partial charge is 0.465 e. The molecule has 2 aromatic heterocycles. The maximum atomic E-state index is 11.6. The standard InChI is InChI=1S/C11H11BrN2O3/c1-17-11(16)7-3-2-5-14-8(4-6-15)13-10(12)9(7)14/h2-3,5,15H,4,6H2,1H3. The number of carbonyl (C=O) groups excluding carboxylic acids is 1. The second-order valence-electron chi connectivity index (χ2n) is 3.42. The number of imidazole rings is 1. The molecular weight excluding hydrogens is 288 g/mol. The highest BCUT2D eigenvalue weighted by Gasteiger charge is 2.17. The number of rotatable bonds is 3. The van der Waals surface area contributed by atoms with Crippen LogP contribution in [0.2, 0.25) is 0 Å². The first-order chi connectivity index (χ1) is 8.19. The van der Waals surface area contributed by atoms with E-state index in [1.807, 2.05) is 0 Å². The summed E-state index contributed by atoms with van der Waals surface area (Å²) in [5, 5.41) is 8.95. The summed E-state index contributed by atoms with van der Waals surface area (Å²) in [6.45, 7) is 0.00794. The number of fused-ring (bicyclic) bond motifs is 1. The molecule has 17 heavy (non-hydrogen) atoms. The summed E-state index contributed by atoms with van der Waals surface area (Å²) in [6, 6.07) is 3.42. The smallest absolute Gasteiger partial charge is 0.340 e. The molecule has 0 aliphatic heterocycles. The molecule has 0 saturated carbocycles.